The van der Waals surface area contributed by atoms with Crippen molar-refractivity contribution >= 4 is 17.7 Å². The summed E-state index contributed by atoms with van der Waals surface area (Å²) in [5.41, 5.74) is 8.65. The van der Waals surface area contributed by atoms with Crippen LogP contribution in [0.2, 0.25) is 0 Å². The zero-order valence-corrected chi connectivity index (χ0v) is 12.5. The van der Waals surface area contributed by atoms with Crippen LogP contribution in [0.15, 0.2) is 24.3 Å². The van der Waals surface area contributed by atoms with E-state index in [1.807, 2.05) is 0 Å². The monoisotopic (exact) mass is 281 g/mol. The number of nitrogens with two attached hydrogens (primary N) is 1. The lowest BCUT2D eigenvalue weighted by Crippen LogP contribution is -2.13. The van der Waals surface area contributed by atoms with Crippen molar-refractivity contribution in [1.82, 2.24) is 0 Å². The summed E-state index contributed by atoms with van der Waals surface area (Å²) in [6, 6.07) is 8.54. The largest absolute Gasteiger partial charge is 0.469 e. The number of carbonyl (C=O) groups is 1. The molecule has 0 saturated carbocycles. The van der Waals surface area contributed by atoms with Gasteiger partial charge in [-0.25, -0.2) is 0 Å². The maximum absolute atomic E-state index is 11.0. The first kappa shape index (κ1) is 16.1. The van der Waals surface area contributed by atoms with Gasteiger partial charge in [0.2, 0.25) is 0 Å². The van der Waals surface area contributed by atoms with Crippen LogP contribution in [-0.2, 0) is 16.0 Å². The highest BCUT2D eigenvalue weighted by Gasteiger charge is 2.07. The minimum Gasteiger partial charge on any atom is -0.469 e. The Morgan fingerprint density at radius 1 is 1.37 bits per heavy atom. The molecule has 0 aliphatic carbocycles. The predicted molar refractivity (Wildman–Crippen MR) is 81.3 cm³/mol. The fourth-order valence-electron chi connectivity index (χ4n) is 1.78. The van der Waals surface area contributed by atoms with E-state index in [9.17, 15) is 4.79 Å². The first-order valence-corrected chi connectivity index (χ1v) is 7.81. The van der Waals surface area contributed by atoms with Crippen molar-refractivity contribution in [3.05, 3.63) is 35.4 Å². The van der Waals surface area contributed by atoms with Gasteiger partial charge in [-0.3, -0.25) is 4.79 Å². The molecule has 0 aliphatic rings. The summed E-state index contributed by atoms with van der Waals surface area (Å²) in [5, 5.41) is 0. The molecule has 4 heteroatoms. The van der Waals surface area contributed by atoms with Gasteiger partial charge in [-0.05, 0) is 17.5 Å². The molecule has 1 aromatic rings. The highest BCUT2D eigenvalue weighted by molar-refractivity contribution is 7.99. The first-order chi connectivity index (χ1) is 9.17. The lowest BCUT2D eigenvalue weighted by atomic mass is 10.0. The number of benzene rings is 1. The third-order valence-corrected chi connectivity index (χ3v) is 4.01. The van der Waals surface area contributed by atoms with E-state index in [-0.39, 0.29) is 12.0 Å². The van der Waals surface area contributed by atoms with Crippen LogP contribution in [0.1, 0.15) is 36.9 Å². The normalized spacial score (nSPS) is 12.2. The third kappa shape index (κ3) is 6.12. The van der Waals surface area contributed by atoms with E-state index < -0.39 is 0 Å². The van der Waals surface area contributed by atoms with Gasteiger partial charge in [0, 0.05) is 17.5 Å². The first-order valence-electron chi connectivity index (χ1n) is 6.66. The van der Waals surface area contributed by atoms with Gasteiger partial charge in [-0.15, -0.1) is 0 Å². The topological polar surface area (TPSA) is 52.3 Å². The number of hydrogen-bond acceptors (Lipinski definition) is 4. The second-order valence-corrected chi connectivity index (χ2v) is 5.65. The Hall–Kier alpha value is -1.00. The Morgan fingerprint density at radius 2 is 2.05 bits per heavy atom. The molecule has 0 amide bonds. The molecule has 0 heterocycles. The molecule has 19 heavy (non-hydrogen) atoms. The summed E-state index contributed by atoms with van der Waals surface area (Å²) in [4.78, 5) is 11.0. The molecule has 0 aliphatic heterocycles. The SMILES string of the molecule is CCCc1ccc(C(N)CSCCC(=O)OC)cc1. The summed E-state index contributed by atoms with van der Waals surface area (Å²) >= 11 is 1.69. The Balaban J connectivity index is 2.32. The molecule has 0 bridgehead atoms. The van der Waals surface area contributed by atoms with Gasteiger partial charge in [-0.2, -0.15) is 11.8 Å². The molecule has 0 fully saturated rings. The van der Waals surface area contributed by atoms with Crippen molar-refractivity contribution in [2.75, 3.05) is 18.6 Å². The molecule has 3 nitrogen and oxygen atoms in total. The summed E-state index contributed by atoms with van der Waals surface area (Å²) in [7, 11) is 1.41. The van der Waals surface area contributed by atoms with E-state index in [1.54, 1.807) is 11.8 Å². The standard InChI is InChI=1S/C15H23NO2S/c1-3-4-12-5-7-13(8-6-12)14(16)11-19-10-9-15(17)18-2/h5-8,14H,3-4,9-11,16H2,1-2H3. The van der Waals surface area contributed by atoms with Crippen LogP contribution in [0.25, 0.3) is 0 Å². The molecule has 2 N–H and O–H groups in total. The van der Waals surface area contributed by atoms with Crippen LogP contribution in [0.4, 0.5) is 0 Å². The van der Waals surface area contributed by atoms with Crippen LogP contribution < -0.4 is 5.73 Å². The van der Waals surface area contributed by atoms with E-state index >= 15 is 0 Å². The fraction of sp³-hybridized carbons (Fsp3) is 0.533. The van der Waals surface area contributed by atoms with Crippen molar-refractivity contribution in [1.29, 1.82) is 0 Å². The number of carbonyl (C=O) groups excluding carboxylic acids is 1. The zero-order valence-electron chi connectivity index (χ0n) is 11.7. The molecule has 0 spiro atoms. The molecule has 106 valence electrons. The third-order valence-electron chi connectivity index (χ3n) is 2.92. The molecular formula is C15H23NO2S. The molecule has 1 unspecified atom stereocenters. The number of rotatable bonds is 8. The summed E-state index contributed by atoms with van der Waals surface area (Å²) in [6.45, 7) is 2.18. The fourth-order valence-corrected chi connectivity index (χ4v) is 2.71. The number of thioether (sulfide) groups is 1. The zero-order chi connectivity index (χ0) is 14.1. The van der Waals surface area contributed by atoms with Crippen LogP contribution in [-0.4, -0.2) is 24.6 Å². The summed E-state index contributed by atoms with van der Waals surface area (Å²) < 4.78 is 4.59. The van der Waals surface area contributed by atoms with Crippen LogP contribution in [0, 0.1) is 0 Å². The van der Waals surface area contributed by atoms with E-state index in [4.69, 9.17) is 5.73 Å². The minimum atomic E-state index is -0.162. The molecule has 1 atom stereocenters. The molecule has 0 radical (unpaired) electrons. The van der Waals surface area contributed by atoms with Crippen molar-refractivity contribution in [3.63, 3.8) is 0 Å². The van der Waals surface area contributed by atoms with Gasteiger partial charge in [0.25, 0.3) is 0 Å². The highest BCUT2D eigenvalue weighted by atomic mass is 32.2. The van der Waals surface area contributed by atoms with Crippen LogP contribution in [0.5, 0.6) is 0 Å². The second kappa shape index (κ2) is 8.99. The number of ether oxygens (including phenoxy) is 1. The predicted octanol–water partition coefficient (Wildman–Crippen LogP) is 2.94. The lowest BCUT2D eigenvalue weighted by molar-refractivity contribution is -0.140. The van der Waals surface area contributed by atoms with Gasteiger partial charge >= 0.3 is 5.97 Å². The molecule has 1 aromatic carbocycles. The van der Waals surface area contributed by atoms with Crippen molar-refractivity contribution in [3.8, 4) is 0 Å². The number of hydrogen-bond donors (Lipinski definition) is 1. The average Bonchev–Trinajstić information content (AvgIpc) is 2.44. The van der Waals surface area contributed by atoms with Crippen LogP contribution >= 0.6 is 11.8 Å². The van der Waals surface area contributed by atoms with E-state index in [0.717, 1.165) is 29.9 Å². The molecule has 0 saturated heterocycles. The van der Waals surface area contributed by atoms with Crippen molar-refractivity contribution in [2.45, 2.75) is 32.2 Å². The van der Waals surface area contributed by atoms with E-state index in [2.05, 4.69) is 35.9 Å². The molecular weight excluding hydrogens is 258 g/mol. The Kier molecular flexibility index (Phi) is 7.60. The Labute approximate surface area is 119 Å². The van der Waals surface area contributed by atoms with Gasteiger partial charge in [-0.1, -0.05) is 37.6 Å². The maximum atomic E-state index is 11.0. The van der Waals surface area contributed by atoms with Crippen LogP contribution in [0.3, 0.4) is 0 Å². The average molecular weight is 281 g/mol. The summed E-state index contributed by atoms with van der Waals surface area (Å²) in [6.07, 6.45) is 2.72. The van der Waals surface area contributed by atoms with Crippen molar-refractivity contribution < 1.29 is 9.53 Å². The second-order valence-electron chi connectivity index (χ2n) is 4.50. The molecule has 1 rings (SSSR count). The maximum Gasteiger partial charge on any atom is 0.306 e. The minimum absolute atomic E-state index is 0.0262. The lowest BCUT2D eigenvalue weighted by Gasteiger charge is -2.12. The smallest absolute Gasteiger partial charge is 0.306 e. The Morgan fingerprint density at radius 3 is 2.63 bits per heavy atom. The van der Waals surface area contributed by atoms with Gasteiger partial charge in [0.1, 0.15) is 0 Å². The van der Waals surface area contributed by atoms with E-state index in [0.29, 0.717) is 6.42 Å². The number of esters is 1. The van der Waals surface area contributed by atoms with Gasteiger partial charge < -0.3 is 10.5 Å². The number of aryl methyl sites for hydroxylation is 1. The summed E-state index contributed by atoms with van der Waals surface area (Å²) in [5.74, 6) is 1.42. The van der Waals surface area contributed by atoms with Crippen molar-refractivity contribution in [2.24, 2.45) is 5.73 Å². The quantitative estimate of drug-likeness (QED) is 0.588. The number of methoxy groups -OCH3 is 1. The highest BCUT2D eigenvalue weighted by Crippen LogP contribution is 2.18. The van der Waals surface area contributed by atoms with Gasteiger partial charge in [0.05, 0.1) is 13.5 Å². The Bertz CT molecular complexity index is 378. The molecule has 0 aromatic heterocycles. The van der Waals surface area contributed by atoms with Gasteiger partial charge in [0.15, 0.2) is 0 Å². The van der Waals surface area contributed by atoms with E-state index in [1.165, 1.54) is 12.7 Å².